The van der Waals surface area contributed by atoms with Gasteiger partial charge in [-0.3, -0.25) is 4.79 Å². The monoisotopic (exact) mass is 432 g/mol. The lowest BCUT2D eigenvalue weighted by Gasteiger charge is -2.14. The topological polar surface area (TPSA) is 55.1 Å². The van der Waals surface area contributed by atoms with Crippen molar-refractivity contribution in [2.75, 3.05) is 11.1 Å². The number of nitrogens with zero attached hydrogens (tertiary/aromatic N) is 1. The maximum Gasteiger partial charge on any atom is 0.418 e. The molecule has 27 heavy (non-hydrogen) atoms. The minimum Gasteiger partial charge on any atom is -0.462 e. The fraction of sp³-hybridized carbons (Fsp3) is 0.176. The van der Waals surface area contributed by atoms with Gasteiger partial charge < -0.3 is 9.73 Å². The number of nitrogens with one attached hydrogen (secondary N) is 1. The zero-order valence-electron chi connectivity index (χ0n) is 13.5. The Morgan fingerprint density at radius 3 is 2.85 bits per heavy atom. The summed E-state index contributed by atoms with van der Waals surface area (Å²) in [6, 6.07) is 6.79. The number of carbonyl (C=O) groups excluding carboxylic acids is 1. The van der Waals surface area contributed by atoms with Crippen LogP contribution in [-0.4, -0.2) is 16.6 Å². The van der Waals surface area contributed by atoms with Gasteiger partial charge in [-0.1, -0.05) is 11.6 Å². The quantitative estimate of drug-likeness (QED) is 0.523. The number of alkyl halides is 3. The van der Waals surface area contributed by atoms with Crippen LogP contribution in [0.2, 0.25) is 5.02 Å². The summed E-state index contributed by atoms with van der Waals surface area (Å²) < 4.78 is 44.4. The third kappa shape index (κ3) is 5.27. The molecule has 0 saturated carbocycles. The summed E-state index contributed by atoms with van der Waals surface area (Å²) in [6.45, 7) is 0. The van der Waals surface area contributed by atoms with E-state index < -0.39 is 17.6 Å². The van der Waals surface area contributed by atoms with Gasteiger partial charge in [0.15, 0.2) is 10.8 Å². The molecule has 10 heteroatoms. The molecular weight excluding hydrogens is 421 g/mol. The number of aromatic nitrogens is 1. The first kappa shape index (κ1) is 19.8. The van der Waals surface area contributed by atoms with Crippen LogP contribution < -0.4 is 5.32 Å². The molecule has 0 bridgehead atoms. The van der Waals surface area contributed by atoms with Crippen molar-refractivity contribution < 1.29 is 22.4 Å². The van der Waals surface area contributed by atoms with E-state index in [1.165, 1.54) is 29.2 Å². The Hall–Kier alpha value is -1.97. The van der Waals surface area contributed by atoms with Crippen molar-refractivity contribution in [3.63, 3.8) is 0 Å². The average Bonchev–Trinajstić information content (AvgIpc) is 3.26. The van der Waals surface area contributed by atoms with Crippen molar-refractivity contribution in [3.8, 4) is 10.8 Å². The van der Waals surface area contributed by atoms with Gasteiger partial charge in [-0.25, -0.2) is 4.98 Å². The summed E-state index contributed by atoms with van der Waals surface area (Å²) in [4.78, 5) is 16.4. The molecule has 1 N–H and O–H groups in total. The highest BCUT2D eigenvalue weighted by Gasteiger charge is 2.34. The molecule has 1 aromatic carbocycles. The van der Waals surface area contributed by atoms with E-state index in [1.807, 2.05) is 5.38 Å². The van der Waals surface area contributed by atoms with Gasteiger partial charge in [-0.05, 0) is 30.3 Å². The summed E-state index contributed by atoms with van der Waals surface area (Å²) >= 11 is 8.29. The third-order valence-corrected chi connectivity index (χ3v) is 5.43. The van der Waals surface area contributed by atoms with Crippen LogP contribution in [0, 0.1) is 0 Å². The molecule has 0 saturated heterocycles. The van der Waals surface area contributed by atoms with Crippen molar-refractivity contribution in [1.82, 2.24) is 4.98 Å². The zero-order valence-corrected chi connectivity index (χ0v) is 15.9. The molecular formula is C17H12ClF3N2O2S2. The molecule has 0 unspecified atom stereocenters. The number of thiazole rings is 1. The van der Waals surface area contributed by atoms with Gasteiger partial charge in [-0.15, -0.1) is 23.1 Å². The van der Waals surface area contributed by atoms with Gasteiger partial charge in [0.2, 0.25) is 5.91 Å². The normalized spacial score (nSPS) is 11.6. The molecule has 4 nitrogen and oxygen atoms in total. The second-order valence-electron chi connectivity index (χ2n) is 5.35. The summed E-state index contributed by atoms with van der Waals surface area (Å²) in [5, 5.41) is 4.82. The first-order chi connectivity index (χ1) is 12.8. The predicted octanol–water partition coefficient (Wildman–Crippen LogP) is 5.95. The molecule has 2 aromatic heterocycles. The SMILES string of the molecule is O=C(CSCc1csc(-c2ccco2)n1)Nc1ccc(Cl)cc1C(F)(F)F. The second kappa shape index (κ2) is 8.37. The maximum absolute atomic E-state index is 13.0. The van der Waals surface area contributed by atoms with Crippen LogP contribution >= 0.6 is 34.7 Å². The number of benzene rings is 1. The molecule has 1 amide bonds. The Bertz CT molecular complexity index is 927. The molecule has 0 fully saturated rings. The lowest BCUT2D eigenvalue weighted by atomic mass is 10.1. The number of rotatable bonds is 6. The van der Waals surface area contributed by atoms with E-state index in [4.69, 9.17) is 16.0 Å². The van der Waals surface area contributed by atoms with Crippen LogP contribution in [0.25, 0.3) is 10.8 Å². The Morgan fingerprint density at radius 2 is 2.15 bits per heavy atom. The predicted molar refractivity (Wildman–Crippen MR) is 101 cm³/mol. The fourth-order valence-electron chi connectivity index (χ4n) is 2.18. The first-order valence-electron chi connectivity index (χ1n) is 7.55. The van der Waals surface area contributed by atoms with Crippen molar-refractivity contribution in [2.24, 2.45) is 0 Å². The van der Waals surface area contributed by atoms with Crippen molar-refractivity contribution in [1.29, 1.82) is 0 Å². The summed E-state index contributed by atoms with van der Waals surface area (Å²) in [7, 11) is 0. The highest BCUT2D eigenvalue weighted by Crippen LogP contribution is 2.36. The van der Waals surface area contributed by atoms with E-state index >= 15 is 0 Å². The minimum absolute atomic E-state index is 0.00641. The molecule has 2 heterocycles. The number of hydrogen-bond acceptors (Lipinski definition) is 5. The van der Waals surface area contributed by atoms with Gasteiger partial charge in [0, 0.05) is 16.2 Å². The van der Waals surface area contributed by atoms with Gasteiger partial charge in [0.05, 0.1) is 29.0 Å². The molecule has 0 atom stereocenters. The summed E-state index contributed by atoms with van der Waals surface area (Å²) in [6.07, 6.45) is -3.05. The van der Waals surface area contributed by atoms with Crippen molar-refractivity contribution in [3.05, 3.63) is 58.3 Å². The van der Waals surface area contributed by atoms with Crippen molar-refractivity contribution in [2.45, 2.75) is 11.9 Å². The number of amides is 1. The molecule has 3 rings (SSSR count). The Labute approximate surface area is 165 Å². The minimum atomic E-state index is -4.61. The van der Waals surface area contributed by atoms with E-state index in [9.17, 15) is 18.0 Å². The molecule has 0 aliphatic rings. The Morgan fingerprint density at radius 1 is 1.33 bits per heavy atom. The van der Waals surface area contributed by atoms with Crippen LogP contribution in [0.5, 0.6) is 0 Å². The highest BCUT2D eigenvalue weighted by molar-refractivity contribution is 7.99. The van der Waals surface area contributed by atoms with Crippen LogP contribution in [-0.2, 0) is 16.7 Å². The molecule has 0 radical (unpaired) electrons. The lowest BCUT2D eigenvalue weighted by molar-refractivity contribution is -0.137. The number of halogens is 4. The second-order valence-corrected chi connectivity index (χ2v) is 7.63. The number of thioether (sulfide) groups is 1. The first-order valence-corrected chi connectivity index (χ1v) is 9.97. The molecule has 0 aliphatic carbocycles. The van der Waals surface area contributed by atoms with E-state index in [0.717, 1.165) is 22.8 Å². The van der Waals surface area contributed by atoms with E-state index in [-0.39, 0.29) is 16.5 Å². The Balaban J connectivity index is 1.55. The standard InChI is InChI=1S/C17H12ClF3N2O2S2/c18-10-3-4-13(12(6-10)17(19,20)21)23-15(24)9-26-7-11-8-27-16(22-11)14-2-1-5-25-14/h1-6,8H,7,9H2,(H,23,24). The number of hydrogen-bond donors (Lipinski definition) is 1. The van der Waals surface area contributed by atoms with Crippen LogP contribution in [0.3, 0.4) is 0 Å². The van der Waals surface area contributed by atoms with Gasteiger partial charge in [0.1, 0.15) is 0 Å². The molecule has 3 aromatic rings. The third-order valence-electron chi connectivity index (χ3n) is 3.33. The van der Waals surface area contributed by atoms with Gasteiger partial charge >= 0.3 is 6.18 Å². The lowest BCUT2D eigenvalue weighted by Crippen LogP contribution is -2.18. The van der Waals surface area contributed by atoms with E-state index in [0.29, 0.717) is 11.5 Å². The van der Waals surface area contributed by atoms with Crippen LogP contribution in [0.15, 0.2) is 46.4 Å². The maximum atomic E-state index is 13.0. The molecule has 0 spiro atoms. The van der Waals surface area contributed by atoms with Gasteiger partial charge in [0.25, 0.3) is 0 Å². The summed E-state index contributed by atoms with van der Waals surface area (Å²) in [5.41, 5.74) is -0.520. The average molecular weight is 433 g/mol. The fourth-order valence-corrected chi connectivity index (χ4v) is 3.96. The highest BCUT2D eigenvalue weighted by atomic mass is 35.5. The smallest absolute Gasteiger partial charge is 0.418 e. The van der Waals surface area contributed by atoms with Crippen molar-refractivity contribution >= 4 is 46.3 Å². The van der Waals surface area contributed by atoms with E-state index in [2.05, 4.69) is 10.3 Å². The largest absolute Gasteiger partial charge is 0.462 e. The Kier molecular flexibility index (Phi) is 6.13. The van der Waals surface area contributed by atoms with Gasteiger partial charge in [-0.2, -0.15) is 13.2 Å². The van der Waals surface area contributed by atoms with Crippen LogP contribution in [0.1, 0.15) is 11.3 Å². The molecule has 142 valence electrons. The molecule has 0 aliphatic heterocycles. The number of carbonyl (C=O) groups is 1. The summed E-state index contributed by atoms with van der Waals surface area (Å²) in [5.74, 6) is 0.580. The number of furan rings is 1. The zero-order chi connectivity index (χ0) is 19.4. The number of anilines is 1. The van der Waals surface area contributed by atoms with Crippen LogP contribution in [0.4, 0.5) is 18.9 Å². The van der Waals surface area contributed by atoms with E-state index in [1.54, 1.807) is 18.4 Å².